The van der Waals surface area contributed by atoms with Crippen molar-refractivity contribution in [1.82, 2.24) is 15.1 Å². The van der Waals surface area contributed by atoms with Crippen molar-refractivity contribution in [3.63, 3.8) is 0 Å². The molecule has 2 aromatic rings. The summed E-state index contributed by atoms with van der Waals surface area (Å²) in [5, 5.41) is 7.43. The molecule has 16 heavy (non-hydrogen) atoms. The second-order valence-corrected chi connectivity index (χ2v) is 4.62. The van der Waals surface area contributed by atoms with Crippen LogP contribution in [0.1, 0.15) is 11.1 Å². The van der Waals surface area contributed by atoms with Crippen LogP contribution >= 0.6 is 15.9 Å². The van der Waals surface area contributed by atoms with Crippen molar-refractivity contribution in [3.05, 3.63) is 52.3 Å². The Hall–Kier alpha value is -1.13. The molecule has 0 unspecified atom stereocenters. The number of aromatic nitrogens is 2. The van der Waals surface area contributed by atoms with Gasteiger partial charge in [-0.05, 0) is 24.7 Å². The Morgan fingerprint density at radius 2 is 2.25 bits per heavy atom. The fourth-order valence-corrected chi connectivity index (χ4v) is 2.06. The number of hydrogen-bond acceptors (Lipinski definition) is 2. The van der Waals surface area contributed by atoms with E-state index >= 15 is 0 Å². The second kappa shape index (κ2) is 5.27. The quantitative estimate of drug-likeness (QED) is 0.932. The summed E-state index contributed by atoms with van der Waals surface area (Å²) in [5.74, 6) is 0. The van der Waals surface area contributed by atoms with Crippen molar-refractivity contribution in [2.45, 2.75) is 13.1 Å². The molecule has 0 aliphatic rings. The minimum atomic E-state index is 0.809. The molecule has 0 saturated carbocycles. The molecule has 0 spiro atoms. The topological polar surface area (TPSA) is 29.9 Å². The summed E-state index contributed by atoms with van der Waals surface area (Å²) in [4.78, 5) is 0. The number of benzene rings is 1. The largest absolute Gasteiger partial charge is 0.316 e. The third kappa shape index (κ3) is 2.93. The molecule has 4 heteroatoms. The molecule has 84 valence electrons. The first-order valence-corrected chi connectivity index (χ1v) is 5.97. The molecule has 0 aliphatic heterocycles. The van der Waals surface area contributed by atoms with Gasteiger partial charge in [-0.1, -0.05) is 28.1 Å². The smallest absolute Gasteiger partial charge is 0.0659 e. The van der Waals surface area contributed by atoms with E-state index in [0.717, 1.165) is 17.6 Å². The summed E-state index contributed by atoms with van der Waals surface area (Å²) in [6.07, 6.45) is 3.96. The van der Waals surface area contributed by atoms with Crippen LogP contribution in [0.5, 0.6) is 0 Å². The molecule has 0 bridgehead atoms. The molecule has 3 nitrogen and oxygen atoms in total. The maximum Gasteiger partial charge on any atom is 0.0659 e. The van der Waals surface area contributed by atoms with Crippen LogP contribution in [0.15, 0.2) is 41.1 Å². The lowest BCUT2D eigenvalue weighted by molar-refractivity contribution is 0.685. The van der Waals surface area contributed by atoms with Crippen LogP contribution in [0, 0.1) is 0 Å². The van der Waals surface area contributed by atoms with Crippen molar-refractivity contribution < 1.29 is 0 Å². The average molecular weight is 280 g/mol. The lowest BCUT2D eigenvalue weighted by Crippen LogP contribution is -2.04. The van der Waals surface area contributed by atoms with E-state index in [1.807, 2.05) is 30.1 Å². The van der Waals surface area contributed by atoms with E-state index in [-0.39, 0.29) is 0 Å². The second-order valence-electron chi connectivity index (χ2n) is 3.71. The molecule has 0 amide bonds. The average Bonchev–Trinajstić information content (AvgIpc) is 2.66. The lowest BCUT2D eigenvalue weighted by atomic mass is 10.2. The summed E-state index contributed by atoms with van der Waals surface area (Å²) in [6.45, 7) is 1.67. The van der Waals surface area contributed by atoms with Gasteiger partial charge in [0.15, 0.2) is 0 Å². The monoisotopic (exact) mass is 279 g/mol. The number of hydrogen-bond donors (Lipinski definition) is 1. The maximum atomic E-state index is 4.32. The Kier molecular flexibility index (Phi) is 3.74. The van der Waals surface area contributed by atoms with E-state index in [2.05, 4.69) is 44.7 Å². The summed E-state index contributed by atoms with van der Waals surface area (Å²) >= 11 is 3.47. The fourth-order valence-electron chi connectivity index (χ4n) is 1.61. The van der Waals surface area contributed by atoms with Crippen LogP contribution in [0.3, 0.4) is 0 Å². The molecule has 0 saturated heterocycles. The van der Waals surface area contributed by atoms with Gasteiger partial charge in [-0.3, -0.25) is 4.68 Å². The molecule has 1 N–H and O–H groups in total. The summed E-state index contributed by atoms with van der Waals surface area (Å²) < 4.78 is 3.06. The first-order chi connectivity index (χ1) is 7.78. The molecule has 2 rings (SSSR count). The van der Waals surface area contributed by atoms with Gasteiger partial charge in [-0.2, -0.15) is 5.10 Å². The van der Waals surface area contributed by atoms with Crippen molar-refractivity contribution >= 4 is 15.9 Å². The van der Waals surface area contributed by atoms with Gasteiger partial charge in [0.1, 0.15) is 0 Å². The molecule has 1 heterocycles. The number of nitrogens with zero attached hydrogens (tertiary/aromatic N) is 2. The molecule has 0 atom stereocenters. The molecule has 1 aromatic carbocycles. The zero-order chi connectivity index (χ0) is 11.4. The SMILES string of the molecule is CNCc1cnn(Cc2cccc(Br)c2)c1. The summed E-state index contributed by atoms with van der Waals surface area (Å²) in [5.41, 5.74) is 2.45. The maximum absolute atomic E-state index is 4.32. The molecule has 0 aliphatic carbocycles. The van der Waals surface area contributed by atoms with Crippen molar-refractivity contribution in [3.8, 4) is 0 Å². The van der Waals surface area contributed by atoms with Gasteiger partial charge in [0, 0.05) is 22.8 Å². The summed E-state index contributed by atoms with van der Waals surface area (Å²) in [7, 11) is 1.94. The fraction of sp³-hybridized carbons (Fsp3) is 0.250. The van der Waals surface area contributed by atoms with Crippen LogP contribution in [0.2, 0.25) is 0 Å². The minimum Gasteiger partial charge on any atom is -0.316 e. The van der Waals surface area contributed by atoms with E-state index < -0.39 is 0 Å². The van der Waals surface area contributed by atoms with Gasteiger partial charge in [0.2, 0.25) is 0 Å². The number of nitrogens with one attached hydrogen (secondary N) is 1. The van der Waals surface area contributed by atoms with Crippen LogP contribution in [0.25, 0.3) is 0 Å². The van der Waals surface area contributed by atoms with Crippen LogP contribution in [0.4, 0.5) is 0 Å². The zero-order valence-corrected chi connectivity index (χ0v) is 10.7. The van der Waals surface area contributed by atoms with E-state index in [9.17, 15) is 0 Å². The first kappa shape index (κ1) is 11.4. The van der Waals surface area contributed by atoms with E-state index in [1.54, 1.807) is 0 Å². The molecular formula is C12H14BrN3. The van der Waals surface area contributed by atoms with Gasteiger partial charge in [-0.25, -0.2) is 0 Å². The third-order valence-electron chi connectivity index (χ3n) is 2.30. The highest BCUT2D eigenvalue weighted by atomic mass is 79.9. The van der Waals surface area contributed by atoms with Crippen molar-refractivity contribution in [1.29, 1.82) is 0 Å². The third-order valence-corrected chi connectivity index (χ3v) is 2.79. The van der Waals surface area contributed by atoms with Crippen molar-refractivity contribution in [2.75, 3.05) is 7.05 Å². The molecular weight excluding hydrogens is 266 g/mol. The van der Waals surface area contributed by atoms with Gasteiger partial charge >= 0.3 is 0 Å². The Balaban J connectivity index is 2.08. The highest BCUT2D eigenvalue weighted by Crippen LogP contribution is 2.12. The van der Waals surface area contributed by atoms with Gasteiger partial charge in [-0.15, -0.1) is 0 Å². The van der Waals surface area contributed by atoms with E-state index in [4.69, 9.17) is 0 Å². The highest BCUT2D eigenvalue weighted by molar-refractivity contribution is 9.10. The molecule has 0 fully saturated rings. The predicted molar refractivity (Wildman–Crippen MR) is 68.2 cm³/mol. The van der Waals surface area contributed by atoms with Gasteiger partial charge in [0.25, 0.3) is 0 Å². The standard InChI is InChI=1S/C12H14BrN3/c1-14-6-11-7-15-16(9-11)8-10-3-2-4-12(13)5-10/h2-5,7,9,14H,6,8H2,1H3. The molecule has 1 aromatic heterocycles. The number of halogens is 1. The zero-order valence-electron chi connectivity index (χ0n) is 9.15. The number of rotatable bonds is 4. The van der Waals surface area contributed by atoms with Crippen LogP contribution in [-0.4, -0.2) is 16.8 Å². The molecule has 0 radical (unpaired) electrons. The summed E-state index contributed by atoms with van der Waals surface area (Å²) in [6, 6.07) is 8.28. The normalized spacial score (nSPS) is 10.6. The first-order valence-electron chi connectivity index (χ1n) is 5.18. The van der Waals surface area contributed by atoms with Gasteiger partial charge < -0.3 is 5.32 Å². The Morgan fingerprint density at radius 3 is 3.00 bits per heavy atom. The van der Waals surface area contributed by atoms with Gasteiger partial charge in [0.05, 0.1) is 12.7 Å². The van der Waals surface area contributed by atoms with Crippen LogP contribution < -0.4 is 5.32 Å². The highest BCUT2D eigenvalue weighted by Gasteiger charge is 1.99. The van der Waals surface area contributed by atoms with E-state index in [1.165, 1.54) is 11.1 Å². The minimum absolute atomic E-state index is 0.809. The van der Waals surface area contributed by atoms with E-state index in [0.29, 0.717) is 0 Å². The van der Waals surface area contributed by atoms with Crippen LogP contribution in [-0.2, 0) is 13.1 Å². The van der Waals surface area contributed by atoms with Crippen molar-refractivity contribution in [2.24, 2.45) is 0 Å². The Bertz CT molecular complexity index is 465. The Labute approximate surface area is 104 Å². The lowest BCUT2D eigenvalue weighted by Gasteiger charge is -2.02. The predicted octanol–water partition coefficient (Wildman–Crippen LogP) is 2.41. The Morgan fingerprint density at radius 1 is 1.38 bits per heavy atom.